The van der Waals surface area contributed by atoms with Crippen molar-refractivity contribution in [2.24, 2.45) is 5.73 Å². The van der Waals surface area contributed by atoms with Gasteiger partial charge in [-0.1, -0.05) is 30.3 Å². The number of hydrogen-bond acceptors (Lipinski definition) is 4. The topological polar surface area (TPSA) is 83.7 Å². The predicted octanol–water partition coefficient (Wildman–Crippen LogP) is 1.80. The van der Waals surface area contributed by atoms with Gasteiger partial charge in [-0.25, -0.2) is 8.42 Å². The number of fused-ring (bicyclic) bond motifs is 1. The molecule has 0 saturated carbocycles. The second-order valence-electron chi connectivity index (χ2n) is 6.81. The fourth-order valence-electron chi connectivity index (χ4n) is 3.16. The molecule has 3 rings (SSSR count). The standard InChI is InChI=1S/C19H25N3O3S/c1-15(20)6-9-19(23)21-10-12-22(13-11-21)26(24,25)18-8-7-16-4-2-3-5-17(16)14-18/h2-5,7-8,14-15H,6,9-13,20H2,1H3. The number of rotatable bonds is 5. The maximum atomic E-state index is 12.9. The fourth-order valence-corrected chi connectivity index (χ4v) is 4.62. The minimum atomic E-state index is -3.55. The summed E-state index contributed by atoms with van der Waals surface area (Å²) in [5.74, 6) is 0.0463. The van der Waals surface area contributed by atoms with Crippen LogP contribution in [0.5, 0.6) is 0 Å². The Morgan fingerprint density at radius 3 is 2.38 bits per heavy atom. The molecule has 0 bridgehead atoms. The number of amides is 1. The average Bonchev–Trinajstić information content (AvgIpc) is 2.65. The molecule has 1 atom stereocenters. The maximum Gasteiger partial charge on any atom is 0.243 e. The van der Waals surface area contributed by atoms with Gasteiger partial charge in [0.15, 0.2) is 0 Å². The third-order valence-corrected chi connectivity index (χ3v) is 6.66. The molecule has 26 heavy (non-hydrogen) atoms. The van der Waals surface area contributed by atoms with E-state index < -0.39 is 10.0 Å². The summed E-state index contributed by atoms with van der Waals surface area (Å²) in [6.07, 6.45) is 1.06. The lowest BCUT2D eigenvalue weighted by Crippen LogP contribution is -2.50. The summed E-state index contributed by atoms with van der Waals surface area (Å²) in [6.45, 7) is 3.36. The Labute approximate surface area is 154 Å². The summed E-state index contributed by atoms with van der Waals surface area (Å²) in [5, 5.41) is 1.91. The van der Waals surface area contributed by atoms with Gasteiger partial charge in [-0.15, -0.1) is 0 Å². The molecule has 1 aliphatic rings. The Kier molecular flexibility index (Phi) is 5.60. The Bertz CT molecular complexity index is 888. The number of hydrogen-bond donors (Lipinski definition) is 1. The van der Waals surface area contributed by atoms with E-state index >= 15 is 0 Å². The third kappa shape index (κ3) is 4.06. The van der Waals surface area contributed by atoms with Gasteiger partial charge < -0.3 is 10.6 Å². The van der Waals surface area contributed by atoms with Crippen molar-refractivity contribution in [1.29, 1.82) is 0 Å². The third-order valence-electron chi connectivity index (χ3n) is 4.76. The maximum absolute atomic E-state index is 12.9. The molecule has 2 N–H and O–H groups in total. The first-order valence-corrected chi connectivity index (χ1v) is 10.3. The lowest BCUT2D eigenvalue weighted by Gasteiger charge is -2.34. The number of piperazine rings is 1. The number of carbonyl (C=O) groups excluding carboxylic acids is 1. The molecule has 1 amide bonds. The van der Waals surface area contributed by atoms with E-state index in [1.807, 2.05) is 37.3 Å². The summed E-state index contributed by atoms with van der Waals surface area (Å²) < 4.78 is 27.3. The summed E-state index contributed by atoms with van der Waals surface area (Å²) in [7, 11) is -3.55. The van der Waals surface area contributed by atoms with Crippen molar-refractivity contribution >= 4 is 26.7 Å². The molecule has 0 aromatic heterocycles. The molecule has 2 aromatic rings. The molecule has 1 aliphatic heterocycles. The summed E-state index contributed by atoms with van der Waals surface area (Å²) in [6, 6.07) is 12.9. The minimum absolute atomic E-state index is 0.00600. The zero-order chi connectivity index (χ0) is 18.7. The highest BCUT2D eigenvalue weighted by atomic mass is 32.2. The molecule has 1 fully saturated rings. The van der Waals surface area contributed by atoms with Gasteiger partial charge in [0.1, 0.15) is 0 Å². The van der Waals surface area contributed by atoms with E-state index in [0.717, 1.165) is 10.8 Å². The quantitative estimate of drug-likeness (QED) is 0.864. The average molecular weight is 375 g/mol. The highest BCUT2D eigenvalue weighted by molar-refractivity contribution is 7.89. The van der Waals surface area contributed by atoms with E-state index in [9.17, 15) is 13.2 Å². The summed E-state index contributed by atoms with van der Waals surface area (Å²) in [4.78, 5) is 14.2. The largest absolute Gasteiger partial charge is 0.340 e. The lowest BCUT2D eigenvalue weighted by atomic mass is 10.1. The van der Waals surface area contributed by atoms with Crippen molar-refractivity contribution < 1.29 is 13.2 Å². The Morgan fingerprint density at radius 2 is 1.73 bits per heavy atom. The van der Waals surface area contributed by atoms with Crippen LogP contribution in [-0.2, 0) is 14.8 Å². The van der Waals surface area contributed by atoms with Gasteiger partial charge in [-0.3, -0.25) is 4.79 Å². The first-order chi connectivity index (χ1) is 12.4. The molecule has 1 heterocycles. The molecule has 6 nitrogen and oxygen atoms in total. The predicted molar refractivity (Wildman–Crippen MR) is 102 cm³/mol. The second-order valence-corrected chi connectivity index (χ2v) is 8.75. The van der Waals surface area contributed by atoms with Crippen molar-refractivity contribution in [1.82, 2.24) is 9.21 Å². The van der Waals surface area contributed by atoms with Gasteiger partial charge in [-0.2, -0.15) is 4.31 Å². The number of nitrogens with two attached hydrogens (primary N) is 1. The van der Waals surface area contributed by atoms with Crippen LogP contribution in [0.1, 0.15) is 19.8 Å². The van der Waals surface area contributed by atoms with Crippen LogP contribution < -0.4 is 5.73 Å². The lowest BCUT2D eigenvalue weighted by molar-refractivity contribution is -0.132. The van der Waals surface area contributed by atoms with Crippen molar-refractivity contribution in [3.05, 3.63) is 42.5 Å². The zero-order valence-corrected chi connectivity index (χ0v) is 15.8. The number of nitrogens with zero attached hydrogens (tertiary/aromatic N) is 2. The highest BCUT2D eigenvalue weighted by Gasteiger charge is 2.30. The fraction of sp³-hybridized carbons (Fsp3) is 0.421. The molecular formula is C19H25N3O3S. The molecule has 0 aliphatic carbocycles. The van der Waals surface area contributed by atoms with Crippen LogP contribution in [0, 0.1) is 0 Å². The van der Waals surface area contributed by atoms with Crippen LogP contribution >= 0.6 is 0 Å². The van der Waals surface area contributed by atoms with Crippen molar-refractivity contribution in [3.63, 3.8) is 0 Å². The van der Waals surface area contributed by atoms with Crippen LogP contribution in [0.3, 0.4) is 0 Å². The van der Waals surface area contributed by atoms with Crippen LogP contribution in [0.2, 0.25) is 0 Å². The van der Waals surface area contributed by atoms with Crippen LogP contribution in [-0.4, -0.2) is 55.8 Å². The van der Waals surface area contributed by atoms with Crippen LogP contribution in [0.15, 0.2) is 47.4 Å². The molecule has 1 unspecified atom stereocenters. The van der Waals surface area contributed by atoms with E-state index in [1.54, 1.807) is 17.0 Å². The molecule has 2 aromatic carbocycles. The summed E-state index contributed by atoms with van der Waals surface area (Å²) in [5.41, 5.74) is 5.69. The van der Waals surface area contributed by atoms with Crippen molar-refractivity contribution in [2.75, 3.05) is 26.2 Å². The van der Waals surface area contributed by atoms with Crippen LogP contribution in [0.25, 0.3) is 10.8 Å². The Morgan fingerprint density at radius 1 is 1.08 bits per heavy atom. The Hall–Kier alpha value is -1.96. The first kappa shape index (κ1) is 18.8. The van der Waals surface area contributed by atoms with Gasteiger partial charge in [-0.05, 0) is 36.2 Å². The SMILES string of the molecule is CC(N)CCC(=O)N1CCN(S(=O)(=O)c2ccc3ccccc3c2)CC1. The number of benzene rings is 2. The monoisotopic (exact) mass is 375 g/mol. The van der Waals surface area contributed by atoms with Gasteiger partial charge in [0.2, 0.25) is 15.9 Å². The molecule has 7 heteroatoms. The van der Waals surface area contributed by atoms with Gasteiger partial charge in [0.25, 0.3) is 0 Å². The molecular weight excluding hydrogens is 350 g/mol. The number of sulfonamides is 1. The van der Waals surface area contributed by atoms with E-state index in [0.29, 0.717) is 43.9 Å². The first-order valence-electron chi connectivity index (χ1n) is 8.90. The number of carbonyl (C=O) groups is 1. The second kappa shape index (κ2) is 7.73. The van der Waals surface area contributed by atoms with Crippen LogP contribution in [0.4, 0.5) is 0 Å². The highest BCUT2D eigenvalue weighted by Crippen LogP contribution is 2.23. The molecule has 140 valence electrons. The van der Waals surface area contributed by atoms with Gasteiger partial charge in [0.05, 0.1) is 4.90 Å². The van der Waals surface area contributed by atoms with E-state index in [-0.39, 0.29) is 11.9 Å². The zero-order valence-electron chi connectivity index (χ0n) is 15.0. The minimum Gasteiger partial charge on any atom is -0.340 e. The normalized spacial score (nSPS) is 17.4. The Balaban J connectivity index is 1.68. The van der Waals surface area contributed by atoms with Gasteiger partial charge >= 0.3 is 0 Å². The molecule has 0 spiro atoms. The van der Waals surface area contributed by atoms with E-state index in [4.69, 9.17) is 5.73 Å². The van der Waals surface area contributed by atoms with Gasteiger partial charge in [0, 0.05) is 38.6 Å². The van der Waals surface area contributed by atoms with E-state index in [1.165, 1.54) is 4.31 Å². The molecule has 1 saturated heterocycles. The smallest absolute Gasteiger partial charge is 0.243 e. The van der Waals surface area contributed by atoms with Crippen molar-refractivity contribution in [3.8, 4) is 0 Å². The summed E-state index contributed by atoms with van der Waals surface area (Å²) >= 11 is 0. The molecule has 0 radical (unpaired) electrons. The van der Waals surface area contributed by atoms with E-state index in [2.05, 4.69) is 0 Å². The van der Waals surface area contributed by atoms with Crippen molar-refractivity contribution in [2.45, 2.75) is 30.7 Å².